The van der Waals surface area contributed by atoms with Gasteiger partial charge in [0.25, 0.3) is 5.69 Å². The van der Waals surface area contributed by atoms with Crippen LogP contribution in [0.2, 0.25) is 0 Å². The molecule has 1 aliphatic rings. The molecule has 116 valence electrons. The Morgan fingerprint density at radius 1 is 1.09 bits per heavy atom. The minimum absolute atomic E-state index is 0.0947. The van der Waals surface area contributed by atoms with Gasteiger partial charge in [0, 0.05) is 29.8 Å². The summed E-state index contributed by atoms with van der Waals surface area (Å²) in [4.78, 5) is 10.5. The molecule has 3 rings (SSSR count). The lowest BCUT2D eigenvalue weighted by molar-refractivity contribution is -0.401. The number of nitro benzene ring substituents is 1. The topological polar surface area (TPSA) is 46.1 Å². The van der Waals surface area contributed by atoms with Crippen LogP contribution in [0.25, 0.3) is 6.08 Å². The smallest absolute Gasteiger partial charge is 0.258 e. The van der Waals surface area contributed by atoms with Crippen LogP contribution in [-0.2, 0) is 5.41 Å². The Bertz CT molecular complexity index is 848. The standard InChI is InChI=1S/C19H19N2O2/c1-19(2)16-9-4-5-10-17(16)20(3)18(19)12-11-14-7-6-8-15(13-14)21(22)23/h4-13H,1-3H3/q+1/b12-11+. The molecule has 0 fully saturated rings. The second kappa shape index (κ2) is 5.47. The Labute approximate surface area is 135 Å². The predicted molar refractivity (Wildman–Crippen MR) is 92.4 cm³/mol. The van der Waals surface area contributed by atoms with Crippen molar-refractivity contribution in [2.24, 2.45) is 0 Å². The SMILES string of the molecule is C[N+]1=C(/C=C/c2cccc([N+](=O)[O-])c2)C(C)(C)c2ccccc21. The van der Waals surface area contributed by atoms with E-state index < -0.39 is 0 Å². The molecule has 2 aromatic carbocycles. The lowest BCUT2D eigenvalue weighted by atomic mass is 9.81. The van der Waals surface area contributed by atoms with Crippen molar-refractivity contribution in [2.75, 3.05) is 7.05 Å². The average Bonchev–Trinajstić information content (AvgIpc) is 2.73. The normalized spacial score (nSPS) is 16.0. The number of nitrogens with zero attached hydrogens (tertiary/aromatic N) is 2. The molecule has 23 heavy (non-hydrogen) atoms. The molecule has 2 aromatic rings. The van der Waals surface area contributed by atoms with Crippen LogP contribution >= 0.6 is 0 Å². The van der Waals surface area contributed by atoms with E-state index in [1.54, 1.807) is 12.1 Å². The highest BCUT2D eigenvalue weighted by Crippen LogP contribution is 2.39. The van der Waals surface area contributed by atoms with Crippen molar-refractivity contribution in [3.63, 3.8) is 0 Å². The van der Waals surface area contributed by atoms with Crippen LogP contribution in [0.5, 0.6) is 0 Å². The van der Waals surface area contributed by atoms with Crippen molar-refractivity contribution in [1.29, 1.82) is 0 Å². The van der Waals surface area contributed by atoms with E-state index in [4.69, 9.17) is 0 Å². The monoisotopic (exact) mass is 307 g/mol. The molecule has 1 aliphatic heterocycles. The van der Waals surface area contributed by atoms with E-state index in [0.29, 0.717) is 0 Å². The summed E-state index contributed by atoms with van der Waals surface area (Å²) in [5, 5.41) is 10.9. The summed E-state index contributed by atoms with van der Waals surface area (Å²) in [5.74, 6) is 0. The average molecular weight is 307 g/mol. The molecule has 1 heterocycles. The molecule has 0 aliphatic carbocycles. The minimum Gasteiger partial charge on any atom is -0.258 e. The summed E-state index contributed by atoms with van der Waals surface area (Å²) < 4.78 is 2.18. The number of hydrogen-bond donors (Lipinski definition) is 0. The number of benzene rings is 2. The Balaban J connectivity index is 1.99. The van der Waals surface area contributed by atoms with Crippen LogP contribution in [0.4, 0.5) is 11.4 Å². The molecule has 4 heteroatoms. The number of non-ortho nitro benzene ring substituents is 1. The van der Waals surface area contributed by atoms with Gasteiger partial charge in [-0.15, -0.1) is 0 Å². The lowest BCUT2D eigenvalue weighted by Crippen LogP contribution is -2.26. The number of allylic oxidation sites excluding steroid dienone is 1. The quantitative estimate of drug-likeness (QED) is 0.482. The molecule has 0 atom stereocenters. The molecular weight excluding hydrogens is 288 g/mol. The van der Waals surface area contributed by atoms with Gasteiger partial charge in [-0.3, -0.25) is 10.1 Å². The summed E-state index contributed by atoms with van der Waals surface area (Å²) in [7, 11) is 2.06. The predicted octanol–water partition coefficient (Wildman–Crippen LogP) is 4.31. The van der Waals surface area contributed by atoms with E-state index in [1.165, 1.54) is 23.0 Å². The van der Waals surface area contributed by atoms with Crippen molar-refractivity contribution in [2.45, 2.75) is 19.3 Å². The number of rotatable bonds is 3. The lowest BCUT2D eigenvalue weighted by Gasteiger charge is -2.15. The third-order valence-electron chi connectivity index (χ3n) is 4.46. The van der Waals surface area contributed by atoms with Crippen LogP contribution in [-0.4, -0.2) is 22.3 Å². The fourth-order valence-corrected chi connectivity index (χ4v) is 3.22. The number of fused-ring (bicyclic) bond motifs is 1. The maximum atomic E-state index is 10.9. The fraction of sp³-hybridized carbons (Fsp3) is 0.211. The van der Waals surface area contributed by atoms with Crippen molar-refractivity contribution in [1.82, 2.24) is 0 Å². The van der Waals surface area contributed by atoms with E-state index in [-0.39, 0.29) is 16.0 Å². The van der Waals surface area contributed by atoms with Gasteiger partial charge in [-0.2, -0.15) is 4.58 Å². The maximum absolute atomic E-state index is 10.9. The highest BCUT2D eigenvalue weighted by Gasteiger charge is 2.42. The summed E-state index contributed by atoms with van der Waals surface area (Å²) in [6.07, 6.45) is 3.99. The molecule has 0 aromatic heterocycles. The molecule has 4 nitrogen and oxygen atoms in total. The van der Waals surface area contributed by atoms with E-state index in [2.05, 4.69) is 49.7 Å². The first kappa shape index (κ1) is 15.2. The van der Waals surface area contributed by atoms with Crippen LogP contribution in [0.1, 0.15) is 25.0 Å². The van der Waals surface area contributed by atoms with Gasteiger partial charge in [0.1, 0.15) is 7.05 Å². The zero-order valence-electron chi connectivity index (χ0n) is 13.5. The van der Waals surface area contributed by atoms with Gasteiger partial charge in [0.05, 0.1) is 10.3 Å². The molecule has 0 amide bonds. The van der Waals surface area contributed by atoms with Gasteiger partial charge in [-0.25, -0.2) is 0 Å². The molecule has 0 N–H and O–H groups in total. The van der Waals surface area contributed by atoms with E-state index in [0.717, 1.165) is 5.56 Å². The largest absolute Gasteiger partial charge is 0.270 e. The van der Waals surface area contributed by atoms with Gasteiger partial charge in [-0.1, -0.05) is 30.3 Å². The molecule has 0 radical (unpaired) electrons. The first-order valence-corrected chi connectivity index (χ1v) is 7.54. The van der Waals surface area contributed by atoms with Gasteiger partial charge < -0.3 is 0 Å². The summed E-state index contributed by atoms with van der Waals surface area (Å²) in [5.41, 5.74) is 4.51. The summed E-state index contributed by atoms with van der Waals surface area (Å²) >= 11 is 0. The zero-order chi connectivity index (χ0) is 16.6. The van der Waals surface area contributed by atoms with E-state index in [1.807, 2.05) is 18.2 Å². The summed E-state index contributed by atoms with van der Waals surface area (Å²) in [6.45, 7) is 4.39. The Morgan fingerprint density at radius 2 is 1.83 bits per heavy atom. The van der Waals surface area contributed by atoms with Crippen LogP contribution < -0.4 is 0 Å². The maximum Gasteiger partial charge on any atom is 0.270 e. The van der Waals surface area contributed by atoms with Gasteiger partial charge in [0.2, 0.25) is 5.69 Å². The third-order valence-corrected chi connectivity index (χ3v) is 4.46. The summed E-state index contributed by atoms with van der Waals surface area (Å²) in [6, 6.07) is 15.0. The molecule has 0 saturated carbocycles. The molecule has 0 saturated heterocycles. The number of nitro groups is 1. The van der Waals surface area contributed by atoms with Crippen molar-refractivity contribution in [3.8, 4) is 0 Å². The minimum atomic E-state index is -0.369. The molecular formula is C19H19N2O2+. The van der Waals surface area contributed by atoms with Crippen molar-refractivity contribution < 1.29 is 9.50 Å². The Kier molecular flexibility index (Phi) is 3.60. The second-order valence-electron chi connectivity index (χ2n) is 6.27. The fourth-order valence-electron chi connectivity index (χ4n) is 3.22. The number of para-hydroxylation sites is 1. The molecule has 0 spiro atoms. The van der Waals surface area contributed by atoms with Crippen LogP contribution in [0.3, 0.4) is 0 Å². The highest BCUT2D eigenvalue weighted by atomic mass is 16.6. The van der Waals surface area contributed by atoms with Crippen molar-refractivity contribution in [3.05, 3.63) is 75.8 Å². The molecule has 0 unspecified atom stereocenters. The van der Waals surface area contributed by atoms with Gasteiger partial charge in [0.15, 0.2) is 5.71 Å². The van der Waals surface area contributed by atoms with Gasteiger partial charge in [-0.05, 0) is 25.5 Å². The van der Waals surface area contributed by atoms with Crippen molar-refractivity contribution >= 4 is 23.2 Å². The second-order valence-corrected chi connectivity index (χ2v) is 6.27. The third kappa shape index (κ3) is 2.57. The van der Waals surface area contributed by atoms with Crippen LogP contribution in [0.15, 0.2) is 54.6 Å². The van der Waals surface area contributed by atoms with E-state index in [9.17, 15) is 10.1 Å². The first-order chi connectivity index (χ1) is 10.9. The van der Waals surface area contributed by atoms with E-state index >= 15 is 0 Å². The Morgan fingerprint density at radius 3 is 2.52 bits per heavy atom. The molecule has 0 bridgehead atoms. The highest BCUT2D eigenvalue weighted by molar-refractivity contribution is 6.05. The van der Waals surface area contributed by atoms with Crippen LogP contribution in [0, 0.1) is 10.1 Å². The van der Waals surface area contributed by atoms with Gasteiger partial charge >= 0.3 is 0 Å². The Hall–Kier alpha value is -2.75. The zero-order valence-corrected chi connectivity index (χ0v) is 13.5. The number of hydrogen-bond acceptors (Lipinski definition) is 2. The first-order valence-electron chi connectivity index (χ1n) is 7.54.